The number of aryl methyl sites for hydroxylation is 3. The smallest absolute Gasteiger partial charge is 0.0509 e. The summed E-state index contributed by atoms with van der Waals surface area (Å²) >= 11 is 0. The molecule has 1 fully saturated rings. The second-order valence-electron chi connectivity index (χ2n) is 6.11. The highest BCUT2D eigenvalue weighted by atomic mass is 16.5. The van der Waals surface area contributed by atoms with Crippen molar-refractivity contribution in [2.45, 2.75) is 53.1 Å². The molecule has 0 aliphatic carbocycles. The Hall–Kier alpha value is -0.860. The van der Waals surface area contributed by atoms with Crippen LogP contribution in [0.5, 0.6) is 0 Å². The summed E-state index contributed by atoms with van der Waals surface area (Å²) in [6.45, 7) is 13.0. The molecule has 1 aliphatic rings. The molecule has 1 saturated heterocycles. The number of rotatable bonds is 4. The lowest BCUT2D eigenvalue weighted by molar-refractivity contribution is 0.177. The monoisotopic (exact) mass is 261 g/mol. The van der Waals surface area contributed by atoms with Crippen LogP contribution in [0.4, 0.5) is 0 Å². The maximum Gasteiger partial charge on any atom is 0.0509 e. The molecule has 2 rings (SSSR count). The van der Waals surface area contributed by atoms with Crippen molar-refractivity contribution >= 4 is 0 Å². The topological polar surface area (TPSA) is 21.3 Å². The fraction of sp³-hybridized carbons (Fsp3) is 0.647. The second-order valence-corrected chi connectivity index (χ2v) is 6.11. The second kappa shape index (κ2) is 6.06. The average molecular weight is 261 g/mol. The number of benzene rings is 1. The van der Waals surface area contributed by atoms with Crippen LogP contribution in [-0.4, -0.2) is 19.3 Å². The summed E-state index contributed by atoms with van der Waals surface area (Å²) in [5.74, 6) is 0.661. The van der Waals surface area contributed by atoms with E-state index < -0.39 is 0 Å². The minimum Gasteiger partial charge on any atom is -0.381 e. The van der Waals surface area contributed by atoms with Gasteiger partial charge in [-0.2, -0.15) is 0 Å². The van der Waals surface area contributed by atoms with Crippen LogP contribution in [0, 0.1) is 26.7 Å². The summed E-state index contributed by atoms with van der Waals surface area (Å²) in [5.41, 5.74) is 5.60. The molecule has 0 bridgehead atoms. The van der Waals surface area contributed by atoms with Gasteiger partial charge in [-0.1, -0.05) is 17.7 Å². The van der Waals surface area contributed by atoms with Gasteiger partial charge in [0.2, 0.25) is 0 Å². The fourth-order valence-electron chi connectivity index (χ4n) is 3.44. The standard InChI is InChI=1S/C17H27NO/c1-11-8-12(2)17(13(3)9-11)15(5)18-14(4)16-6-7-19-10-16/h8-9,14-16,18H,6-7,10H2,1-5H3. The highest BCUT2D eigenvalue weighted by Gasteiger charge is 2.24. The Morgan fingerprint density at radius 2 is 1.79 bits per heavy atom. The molecule has 19 heavy (non-hydrogen) atoms. The van der Waals surface area contributed by atoms with E-state index in [0.29, 0.717) is 18.0 Å². The Morgan fingerprint density at radius 1 is 1.16 bits per heavy atom. The minimum atomic E-state index is 0.399. The summed E-state index contributed by atoms with van der Waals surface area (Å²) < 4.78 is 5.49. The fourth-order valence-corrected chi connectivity index (χ4v) is 3.44. The van der Waals surface area contributed by atoms with Crippen molar-refractivity contribution in [3.05, 3.63) is 34.4 Å². The lowest BCUT2D eigenvalue weighted by Gasteiger charge is -2.26. The Balaban J connectivity index is 2.09. The third kappa shape index (κ3) is 3.37. The van der Waals surface area contributed by atoms with Crippen LogP contribution in [0.1, 0.15) is 48.6 Å². The highest BCUT2D eigenvalue weighted by molar-refractivity contribution is 5.39. The molecular weight excluding hydrogens is 234 g/mol. The lowest BCUT2D eigenvalue weighted by atomic mass is 9.93. The van der Waals surface area contributed by atoms with Crippen molar-refractivity contribution in [3.8, 4) is 0 Å². The van der Waals surface area contributed by atoms with Gasteiger partial charge in [0.05, 0.1) is 6.61 Å². The zero-order valence-electron chi connectivity index (χ0n) is 12.9. The Bertz CT molecular complexity index is 412. The van der Waals surface area contributed by atoms with E-state index in [2.05, 4.69) is 52.1 Å². The van der Waals surface area contributed by atoms with Crippen molar-refractivity contribution in [3.63, 3.8) is 0 Å². The van der Waals surface area contributed by atoms with E-state index in [9.17, 15) is 0 Å². The van der Waals surface area contributed by atoms with Crippen LogP contribution in [0.2, 0.25) is 0 Å². The summed E-state index contributed by atoms with van der Waals surface area (Å²) in [7, 11) is 0. The molecule has 1 aliphatic heterocycles. The molecule has 3 atom stereocenters. The van der Waals surface area contributed by atoms with E-state index in [4.69, 9.17) is 4.74 Å². The highest BCUT2D eigenvalue weighted by Crippen LogP contribution is 2.25. The van der Waals surface area contributed by atoms with Crippen molar-refractivity contribution < 1.29 is 4.74 Å². The zero-order valence-corrected chi connectivity index (χ0v) is 12.9. The summed E-state index contributed by atoms with van der Waals surface area (Å²) in [6.07, 6.45) is 1.19. The first-order valence-corrected chi connectivity index (χ1v) is 7.40. The van der Waals surface area contributed by atoms with Gasteiger partial charge in [0.25, 0.3) is 0 Å². The number of hydrogen-bond acceptors (Lipinski definition) is 2. The van der Waals surface area contributed by atoms with Crippen LogP contribution >= 0.6 is 0 Å². The lowest BCUT2D eigenvalue weighted by Crippen LogP contribution is -2.36. The van der Waals surface area contributed by atoms with Crippen LogP contribution in [0.15, 0.2) is 12.1 Å². The van der Waals surface area contributed by atoms with Gasteiger partial charge in [0, 0.05) is 18.7 Å². The molecule has 0 amide bonds. The molecule has 106 valence electrons. The molecule has 1 N–H and O–H groups in total. The Morgan fingerprint density at radius 3 is 2.32 bits per heavy atom. The normalized spacial score (nSPS) is 22.5. The first kappa shape index (κ1) is 14.5. The molecule has 1 heterocycles. The Labute approximate surface area is 117 Å². The Kier molecular flexibility index (Phi) is 4.64. The van der Waals surface area contributed by atoms with E-state index in [1.54, 1.807) is 0 Å². The van der Waals surface area contributed by atoms with Gasteiger partial charge in [0.1, 0.15) is 0 Å². The maximum atomic E-state index is 5.49. The molecule has 3 unspecified atom stereocenters. The molecule has 2 heteroatoms. The van der Waals surface area contributed by atoms with Gasteiger partial charge in [-0.05, 0) is 63.6 Å². The van der Waals surface area contributed by atoms with Gasteiger partial charge in [-0.15, -0.1) is 0 Å². The minimum absolute atomic E-state index is 0.399. The number of ether oxygens (including phenoxy) is 1. The predicted molar refractivity (Wildman–Crippen MR) is 80.6 cm³/mol. The third-order valence-corrected chi connectivity index (χ3v) is 4.36. The van der Waals surface area contributed by atoms with Gasteiger partial charge in [-0.3, -0.25) is 0 Å². The summed E-state index contributed by atoms with van der Waals surface area (Å²) in [4.78, 5) is 0. The molecular formula is C17H27NO. The third-order valence-electron chi connectivity index (χ3n) is 4.36. The van der Waals surface area contributed by atoms with Crippen LogP contribution in [0.25, 0.3) is 0 Å². The predicted octanol–water partition coefficient (Wildman–Crippen LogP) is 3.69. The van der Waals surface area contributed by atoms with Crippen molar-refractivity contribution in [1.82, 2.24) is 5.32 Å². The molecule has 0 aromatic heterocycles. The summed E-state index contributed by atoms with van der Waals surface area (Å²) in [5, 5.41) is 3.76. The molecule has 2 nitrogen and oxygen atoms in total. The first-order chi connectivity index (χ1) is 8.99. The van der Waals surface area contributed by atoms with Crippen molar-refractivity contribution in [2.75, 3.05) is 13.2 Å². The van der Waals surface area contributed by atoms with E-state index in [-0.39, 0.29) is 0 Å². The van der Waals surface area contributed by atoms with E-state index in [1.807, 2.05) is 0 Å². The number of nitrogens with one attached hydrogen (secondary N) is 1. The van der Waals surface area contributed by atoms with E-state index >= 15 is 0 Å². The molecule has 1 aromatic carbocycles. The van der Waals surface area contributed by atoms with Crippen molar-refractivity contribution in [2.24, 2.45) is 5.92 Å². The quantitative estimate of drug-likeness (QED) is 0.892. The van der Waals surface area contributed by atoms with Gasteiger partial charge in [0.15, 0.2) is 0 Å². The largest absolute Gasteiger partial charge is 0.381 e. The van der Waals surface area contributed by atoms with Crippen LogP contribution < -0.4 is 5.32 Å². The summed E-state index contributed by atoms with van der Waals surface area (Å²) in [6, 6.07) is 5.47. The van der Waals surface area contributed by atoms with Gasteiger partial charge in [-0.25, -0.2) is 0 Å². The van der Waals surface area contributed by atoms with E-state index in [1.165, 1.54) is 28.7 Å². The average Bonchev–Trinajstić information content (AvgIpc) is 2.80. The molecule has 0 radical (unpaired) electrons. The molecule has 1 aromatic rings. The van der Waals surface area contributed by atoms with Crippen LogP contribution in [-0.2, 0) is 4.74 Å². The van der Waals surface area contributed by atoms with Crippen LogP contribution in [0.3, 0.4) is 0 Å². The maximum absolute atomic E-state index is 5.49. The van der Waals surface area contributed by atoms with E-state index in [0.717, 1.165) is 13.2 Å². The van der Waals surface area contributed by atoms with Gasteiger partial charge < -0.3 is 10.1 Å². The number of hydrogen-bond donors (Lipinski definition) is 1. The molecule has 0 spiro atoms. The first-order valence-electron chi connectivity index (χ1n) is 7.40. The zero-order chi connectivity index (χ0) is 14.0. The van der Waals surface area contributed by atoms with Crippen molar-refractivity contribution in [1.29, 1.82) is 0 Å². The van der Waals surface area contributed by atoms with Gasteiger partial charge >= 0.3 is 0 Å². The SMILES string of the molecule is Cc1cc(C)c(C(C)NC(C)C2CCOC2)c(C)c1. The molecule has 0 saturated carbocycles.